The summed E-state index contributed by atoms with van der Waals surface area (Å²) in [5, 5.41) is 9.67. The van der Waals surface area contributed by atoms with Crippen LogP contribution in [-0.2, 0) is 33.3 Å². The van der Waals surface area contributed by atoms with Crippen molar-refractivity contribution >= 4 is 17.9 Å². The van der Waals surface area contributed by atoms with Crippen molar-refractivity contribution in [1.29, 1.82) is 0 Å². The summed E-state index contributed by atoms with van der Waals surface area (Å²) in [6.07, 6.45) is 61.2. The van der Waals surface area contributed by atoms with Crippen molar-refractivity contribution in [2.45, 2.75) is 289 Å². The highest BCUT2D eigenvalue weighted by Crippen LogP contribution is 2.17. The molecule has 2 unspecified atom stereocenters. The van der Waals surface area contributed by atoms with Crippen LogP contribution in [0.2, 0.25) is 0 Å². The van der Waals surface area contributed by atoms with E-state index in [-0.39, 0.29) is 32.2 Å². The number of nitrogens with zero attached hydrogens (tertiary/aromatic N) is 1. The number of unbranched alkanes of at least 4 members (excludes halogenated alkanes) is 34. The zero-order chi connectivity index (χ0) is 51.3. The quantitative estimate of drug-likeness (QED) is 0.0211. The van der Waals surface area contributed by atoms with Gasteiger partial charge in [-0.1, -0.05) is 237 Å². The van der Waals surface area contributed by atoms with E-state index < -0.39 is 24.3 Å². The fraction of sp³-hybridized carbons (Fsp3) is 0.852. The number of carbonyl (C=O) groups excluding carboxylic acids is 2. The van der Waals surface area contributed by atoms with Crippen LogP contribution in [0.5, 0.6) is 0 Å². The summed E-state index contributed by atoms with van der Waals surface area (Å²) in [4.78, 5) is 37.2. The number of carboxylic acid groups (broad SMARTS) is 1. The fourth-order valence-corrected chi connectivity index (χ4v) is 8.52. The number of ether oxygens (including phenoxy) is 4. The normalized spacial score (nSPS) is 13.0. The van der Waals surface area contributed by atoms with Gasteiger partial charge in [0, 0.05) is 12.8 Å². The van der Waals surface area contributed by atoms with Crippen molar-refractivity contribution < 1.29 is 42.9 Å². The number of carboxylic acids is 1. The van der Waals surface area contributed by atoms with Crippen LogP contribution in [0.25, 0.3) is 0 Å². The van der Waals surface area contributed by atoms with E-state index in [4.69, 9.17) is 18.9 Å². The second kappa shape index (κ2) is 52.8. The van der Waals surface area contributed by atoms with E-state index in [2.05, 4.69) is 50.3 Å². The van der Waals surface area contributed by atoms with Gasteiger partial charge in [0.15, 0.2) is 6.10 Å². The van der Waals surface area contributed by atoms with Gasteiger partial charge in [0.1, 0.15) is 13.2 Å². The van der Waals surface area contributed by atoms with Crippen LogP contribution in [0.3, 0.4) is 0 Å². The molecule has 0 aromatic rings. The van der Waals surface area contributed by atoms with E-state index in [9.17, 15) is 19.5 Å². The Morgan fingerprint density at radius 3 is 1.20 bits per heavy atom. The van der Waals surface area contributed by atoms with E-state index in [0.29, 0.717) is 17.4 Å². The van der Waals surface area contributed by atoms with Gasteiger partial charge in [0.25, 0.3) is 6.29 Å². The Balaban J connectivity index is 3.95. The van der Waals surface area contributed by atoms with E-state index >= 15 is 0 Å². The first-order valence-electron chi connectivity index (χ1n) is 29.7. The molecule has 0 aromatic carbocycles. The standard InChI is InChI=1S/C61H113NO8/c1-6-8-10-12-14-16-18-19-20-21-22-23-24-25-26-27-28-29-30-31-32-33-34-35-36-37-38-39-40-41-42-44-46-48-50-52-59(64)70-57(56-69-61(60(65)66)67-54-53-62(3,4)5)55-68-58(63)51-49-47-45-43-17-15-13-11-9-7-2/h11,13,18-19,21-22,57,61H,6-10,12,14-17,20,23-56H2,1-5H3/p+1/b13-11-,19-18-,22-21-. The molecule has 0 aromatic heterocycles. The van der Waals surface area contributed by atoms with Gasteiger partial charge < -0.3 is 28.5 Å². The number of allylic oxidation sites excluding steroid dienone is 6. The smallest absolute Gasteiger partial charge is 0.361 e. The zero-order valence-electron chi connectivity index (χ0n) is 46.7. The minimum atomic E-state index is -1.51. The monoisotopic (exact) mass is 989 g/mol. The molecule has 0 saturated heterocycles. The average molecular weight is 990 g/mol. The van der Waals surface area contributed by atoms with Crippen molar-refractivity contribution in [1.82, 2.24) is 0 Å². The molecule has 0 bridgehead atoms. The molecule has 0 amide bonds. The van der Waals surface area contributed by atoms with Crippen LogP contribution in [0.1, 0.15) is 277 Å². The average Bonchev–Trinajstić information content (AvgIpc) is 3.33. The fourth-order valence-electron chi connectivity index (χ4n) is 8.52. The van der Waals surface area contributed by atoms with Crippen LogP contribution in [0, 0.1) is 0 Å². The highest BCUT2D eigenvalue weighted by Gasteiger charge is 2.25. The topological polar surface area (TPSA) is 108 Å². The molecule has 0 aliphatic carbocycles. The van der Waals surface area contributed by atoms with Gasteiger partial charge in [-0.15, -0.1) is 0 Å². The maximum atomic E-state index is 12.8. The molecule has 0 fully saturated rings. The number of hydrogen-bond acceptors (Lipinski definition) is 7. The molecule has 70 heavy (non-hydrogen) atoms. The van der Waals surface area contributed by atoms with E-state index in [1.54, 1.807) is 0 Å². The van der Waals surface area contributed by atoms with Crippen molar-refractivity contribution in [3.63, 3.8) is 0 Å². The predicted molar refractivity (Wildman–Crippen MR) is 295 cm³/mol. The van der Waals surface area contributed by atoms with Crippen LogP contribution in [-0.4, -0.2) is 87.4 Å². The molecule has 0 rings (SSSR count). The molecule has 1 N–H and O–H groups in total. The lowest BCUT2D eigenvalue weighted by Gasteiger charge is -2.25. The number of aliphatic carboxylic acids is 1. The molecule has 0 spiro atoms. The number of likely N-dealkylation sites (N-methyl/N-ethyl adjacent to an activating group) is 1. The Morgan fingerprint density at radius 1 is 0.429 bits per heavy atom. The van der Waals surface area contributed by atoms with Gasteiger partial charge in [-0.25, -0.2) is 4.79 Å². The van der Waals surface area contributed by atoms with Crippen molar-refractivity contribution in [3.05, 3.63) is 36.5 Å². The number of esters is 2. The Morgan fingerprint density at radius 2 is 0.800 bits per heavy atom. The van der Waals surface area contributed by atoms with Crippen LogP contribution >= 0.6 is 0 Å². The summed E-state index contributed by atoms with van der Waals surface area (Å²) in [5.74, 6) is -2.01. The lowest BCUT2D eigenvalue weighted by molar-refractivity contribution is -0.870. The lowest BCUT2D eigenvalue weighted by atomic mass is 10.0. The van der Waals surface area contributed by atoms with Crippen molar-refractivity contribution in [3.8, 4) is 0 Å². The minimum absolute atomic E-state index is 0.183. The summed E-state index contributed by atoms with van der Waals surface area (Å²) in [7, 11) is 5.96. The first-order chi connectivity index (χ1) is 34.1. The van der Waals surface area contributed by atoms with Gasteiger partial charge in [0.2, 0.25) is 0 Å². The molecule has 0 aliphatic rings. The van der Waals surface area contributed by atoms with Gasteiger partial charge in [-0.2, -0.15) is 0 Å². The maximum Gasteiger partial charge on any atom is 0.361 e. The number of quaternary nitrogens is 1. The lowest BCUT2D eigenvalue weighted by Crippen LogP contribution is -2.40. The van der Waals surface area contributed by atoms with Gasteiger partial charge >= 0.3 is 17.9 Å². The SMILES string of the molecule is CCC/C=C\CCCCCCCC(=O)OCC(COC(OCC[N+](C)(C)C)C(=O)O)OC(=O)CCCCCCCCCCCCCCCCCCCCCCCCC/C=C\C/C=C\CCCCCCC. The molecule has 0 saturated carbocycles. The number of carbonyl (C=O) groups is 3. The molecule has 9 heteroatoms. The highest BCUT2D eigenvalue weighted by atomic mass is 16.7. The Bertz CT molecular complexity index is 1240. The predicted octanol–water partition coefficient (Wildman–Crippen LogP) is 17.3. The molecule has 0 radical (unpaired) electrons. The first kappa shape index (κ1) is 67.5. The van der Waals surface area contributed by atoms with Crippen LogP contribution in [0.4, 0.5) is 0 Å². The Hall–Kier alpha value is -2.49. The van der Waals surface area contributed by atoms with Crippen molar-refractivity contribution in [2.75, 3.05) is 47.5 Å². The summed E-state index contributed by atoms with van der Waals surface area (Å²) in [6.45, 7) is 4.82. The third kappa shape index (κ3) is 53.3. The van der Waals surface area contributed by atoms with E-state index in [1.807, 2.05) is 21.1 Å². The molecule has 0 heterocycles. The second-order valence-corrected chi connectivity index (χ2v) is 21.3. The minimum Gasteiger partial charge on any atom is -0.477 e. The first-order valence-corrected chi connectivity index (χ1v) is 29.7. The summed E-state index contributed by atoms with van der Waals surface area (Å²) >= 11 is 0. The molecular formula is C61H114NO8+. The largest absolute Gasteiger partial charge is 0.477 e. The number of rotatable bonds is 55. The molecule has 2 atom stereocenters. The molecule has 410 valence electrons. The van der Waals surface area contributed by atoms with E-state index in [0.717, 1.165) is 70.6 Å². The van der Waals surface area contributed by atoms with Gasteiger partial charge in [-0.3, -0.25) is 9.59 Å². The molecule has 9 nitrogen and oxygen atoms in total. The third-order valence-corrected chi connectivity index (χ3v) is 13.1. The van der Waals surface area contributed by atoms with Crippen LogP contribution < -0.4 is 0 Å². The van der Waals surface area contributed by atoms with Crippen LogP contribution in [0.15, 0.2) is 36.5 Å². The summed E-state index contributed by atoms with van der Waals surface area (Å²) in [6, 6.07) is 0. The van der Waals surface area contributed by atoms with E-state index in [1.165, 1.54) is 180 Å². The number of hydrogen-bond donors (Lipinski definition) is 1. The third-order valence-electron chi connectivity index (χ3n) is 13.1. The Labute approximate surface area is 432 Å². The second-order valence-electron chi connectivity index (χ2n) is 21.3. The van der Waals surface area contributed by atoms with Gasteiger partial charge in [0.05, 0.1) is 34.4 Å². The summed E-state index contributed by atoms with van der Waals surface area (Å²) in [5.41, 5.74) is 0. The highest BCUT2D eigenvalue weighted by molar-refractivity contribution is 5.71. The zero-order valence-corrected chi connectivity index (χ0v) is 46.7. The summed E-state index contributed by atoms with van der Waals surface area (Å²) < 4.78 is 22.8. The molecular weight excluding hydrogens is 875 g/mol. The molecule has 0 aliphatic heterocycles. The van der Waals surface area contributed by atoms with Gasteiger partial charge in [-0.05, 0) is 64.2 Å². The van der Waals surface area contributed by atoms with Crippen molar-refractivity contribution in [2.24, 2.45) is 0 Å². The Kier molecular flexibility index (Phi) is 50.9. The maximum absolute atomic E-state index is 12.8.